The first-order valence-electron chi connectivity index (χ1n) is 9.70. The molecule has 0 amide bonds. The number of aromatic nitrogens is 3. The first-order chi connectivity index (χ1) is 15.0. The molecule has 0 radical (unpaired) electrons. The Hall–Kier alpha value is -2.23. The Kier molecular flexibility index (Phi) is 6.74. The van der Waals surface area contributed by atoms with Crippen LogP contribution in [0, 0.1) is 0 Å². The van der Waals surface area contributed by atoms with Gasteiger partial charge in [-0.2, -0.15) is 4.98 Å². The van der Waals surface area contributed by atoms with E-state index in [1.165, 1.54) is 11.8 Å². The summed E-state index contributed by atoms with van der Waals surface area (Å²) in [5.41, 5.74) is 2.09. The molecule has 0 fully saturated rings. The van der Waals surface area contributed by atoms with Gasteiger partial charge in [0.1, 0.15) is 11.8 Å². The van der Waals surface area contributed by atoms with Gasteiger partial charge in [0.25, 0.3) is 0 Å². The van der Waals surface area contributed by atoms with E-state index in [2.05, 4.69) is 31.3 Å². The lowest BCUT2D eigenvalue weighted by molar-refractivity contribution is -0.139. The molecule has 0 saturated carbocycles. The number of benzene rings is 1. The van der Waals surface area contributed by atoms with Crippen LogP contribution in [0.25, 0.3) is 0 Å². The van der Waals surface area contributed by atoms with Gasteiger partial charge >= 0.3 is 5.97 Å². The quantitative estimate of drug-likeness (QED) is 0.308. The summed E-state index contributed by atoms with van der Waals surface area (Å²) in [7, 11) is 0. The second-order valence-corrected chi connectivity index (χ2v) is 9.02. The summed E-state index contributed by atoms with van der Waals surface area (Å²) < 4.78 is 13.5. The number of halogens is 2. The minimum Gasteiger partial charge on any atom is -0.462 e. The molecule has 0 saturated heterocycles. The first kappa shape index (κ1) is 22.0. The van der Waals surface area contributed by atoms with Crippen molar-refractivity contribution in [3.63, 3.8) is 0 Å². The molecule has 1 atom stereocenters. The van der Waals surface area contributed by atoms with Crippen LogP contribution in [0.4, 0.5) is 5.95 Å². The fourth-order valence-electron chi connectivity index (χ4n) is 3.23. The highest BCUT2D eigenvalue weighted by Crippen LogP contribution is 2.38. The highest BCUT2D eigenvalue weighted by Gasteiger charge is 2.37. The number of allylic oxidation sites excluding steroid dienone is 1. The van der Waals surface area contributed by atoms with E-state index in [1.807, 2.05) is 44.2 Å². The number of carbonyl (C=O) groups excluding carboxylic acids is 1. The maximum Gasteiger partial charge on any atom is 0.338 e. The van der Waals surface area contributed by atoms with Crippen molar-refractivity contribution >= 4 is 51.2 Å². The lowest BCUT2D eigenvalue weighted by atomic mass is 10.0. The minimum atomic E-state index is -0.589. The van der Waals surface area contributed by atoms with E-state index in [9.17, 15) is 4.79 Å². The molecule has 0 spiro atoms. The number of furan rings is 1. The van der Waals surface area contributed by atoms with Crippen molar-refractivity contribution in [1.29, 1.82) is 0 Å². The summed E-state index contributed by atoms with van der Waals surface area (Å²) in [4.78, 5) is 17.5. The van der Waals surface area contributed by atoms with E-state index in [0.29, 0.717) is 50.2 Å². The molecule has 3 aromatic rings. The predicted octanol–water partition coefficient (Wildman–Crippen LogP) is 5.82. The molecule has 1 aliphatic rings. The Morgan fingerprint density at radius 1 is 1.35 bits per heavy atom. The number of rotatable bonds is 7. The molecule has 2 aromatic heterocycles. The number of nitrogens with one attached hydrogen (secondary N) is 1. The molecule has 162 valence electrons. The monoisotopic (exact) mass is 522 g/mol. The third kappa shape index (κ3) is 4.68. The summed E-state index contributed by atoms with van der Waals surface area (Å²) >= 11 is 11.1. The molecule has 10 heteroatoms. The second kappa shape index (κ2) is 9.50. The molecule has 0 bridgehead atoms. The molecule has 0 aliphatic carbocycles. The third-order valence-electron chi connectivity index (χ3n) is 4.67. The van der Waals surface area contributed by atoms with E-state index in [-0.39, 0.29) is 0 Å². The first-order valence-corrected chi connectivity index (χ1v) is 11.9. The number of esters is 1. The fraction of sp³-hybridized carbons (Fsp3) is 0.286. The highest BCUT2D eigenvalue weighted by atomic mass is 79.9. The van der Waals surface area contributed by atoms with E-state index in [4.69, 9.17) is 20.8 Å². The van der Waals surface area contributed by atoms with Crippen LogP contribution < -0.4 is 5.32 Å². The molecular weight excluding hydrogens is 504 g/mol. The van der Waals surface area contributed by atoms with Crippen LogP contribution in [0.2, 0.25) is 5.02 Å². The lowest BCUT2D eigenvalue weighted by Gasteiger charge is -2.26. The van der Waals surface area contributed by atoms with Crippen LogP contribution in [0.1, 0.15) is 37.6 Å². The van der Waals surface area contributed by atoms with Crippen LogP contribution >= 0.6 is 39.3 Å². The van der Waals surface area contributed by atoms with Crippen molar-refractivity contribution < 1.29 is 13.9 Å². The van der Waals surface area contributed by atoms with Gasteiger partial charge in [-0.25, -0.2) is 9.48 Å². The van der Waals surface area contributed by atoms with Crippen molar-refractivity contribution in [2.75, 3.05) is 11.9 Å². The molecule has 1 aromatic carbocycles. The topological polar surface area (TPSA) is 82.2 Å². The van der Waals surface area contributed by atoms with Crippen LogP contribution in [0.3, 0.4) is 0 Å². The molecule has 3 heterocycles. The number of ether oxygens (including phenoxy) is 1. The molecule has 31 heavy (non-hydrogen) atoms. The smallest absolute Gasteiger partial charge is 0.338 e. The van der Waals surface area contributed by atoms with E-state index >= 15 is 0 Å². The van der Waals surface area contributed by atoms with Gasteiger partial charge in [-0.15, -0.1) is 5.10 Å². The van der Waals surface area contributed by atoms with Crippen LogP contribution in [-0.4, -0.2) is 27.3 Å². The average molecular weight is 524 g/mol. The highest BCUT2D eigenvalue weighted by molar-refractivity contribution is 9.10. The Morgan fingerprint density at radius 3 is 2.87 bits per heavy atom. The molecule has 7 nitrogen and oxygen atoms in total. The zero-order chi connectivity index (χ0) is 22.0. The summed E-state index contributed by atoms with van der Waals surface area (Å²) in [6.07, 6.45) is 0.736. The summed E-state index contributed by atoms with van der Waals surface area (Å²) in [6.45, 7) is 4.11. The van der Waals surface area contributed by atoms with Gasteiger partial charge in [-0.1, -0.05) is 48.5 Å². The summed E-state index contributed by atoms with van der Waals surface area (Å²) in [5.74, 6) is 1.31. The van der Waals surface area contributed by atoms with Crippen molar-refractivity contribution in [1.82, 2.24) is 14.8 Å². The van der Waals surface area contributed by atoms with Crippen LogP contribution in [-0.2, 0) is 15.3 Å². The van der Waals surface area contributed by atoms with Gasteiger partial charge in [0.15, 0.2) is 4.67 Å². The Labute approximate surface area is 197 Å². The minimum absolute atomic E-state index is 0.341. The standard InChI is InChI=1S/C21H20BrClN4O3S/c1-3-10-29-19(28)17-12(2)24-20-25-21(31-11-13-6-4-5-7-14(13)23)26-27(20)18(17)15-8-9-16(22)30-15/h4-9,18H,3,10-11H2,1-2H3,(H,24,25,26). The largest absolute Gasteiger partial charge is 0.462 e. The second-order valence-electron chi connectivity index (χ2n) is 6.89. The average Bonchev–Trinajstić information content (AvgIpc) is 3.36. The molecule has 4 rings (SSSR count). The Balaban J connectivity index is 1.66. The third-order valence-corrected chi connectivity index (χ3v) is 6.35. The summed E-state index contributed by atoms with van der Waals surface area (Å²) in [6, 6.07) is 10.7. The maximum atomic E-state index is 12.9. The fourth-order valence-corrected chi connectivity index (χ4v) is 4.66. The van der Waals surface area contributed by atoms with E-state index in [0.717, 1.165) is 12.0 Å². The maximum absolute atomic E-state index is 12.9. The predicted molar refractivity (Wildman–Crippen MR) is 123 cm³/mol. The number of carbonyl (C=O) groups is 1. The van der Waals surface area contributed by atoms with E-state index < -0.39 is 12.0 Å². The SMILES string of the molecule is CCCOC(=O)C1=C(C)Nc2nc(SCc3ccccc3Cl)nn2C1c1ccc(Br)o1. The number of thioether (sulfide) groups is 1. The zero-order valence-corrected chi connectivity index (χ0v) is 20.1. The summed E-state index contributed by atoms with van der Waals surface area (Å²) in [5, 5.41) is 9.10. The molecule has 1 aliphatic heterocycles. The number of nitrogens with zero attached hydrogens (tertiary/aromatic N) is 3. The van der Waals surface area contributed by atoms with Crippen LogP contribution in [0.15, 0.2) is 61.9 Å². The van der Waals surface area contributed by atoms with Gasteiger partial charge in [0.2, 0.25) is 11.1 Å². The Bertz CT molecular complexity index is 1140. The van der Waals surface area contributed by atoms with Crippen molar-refractivity contribution in [2.24, 2.45) is 0 Å². The van der Waals surface area contributed by atoms with Gasteiger partial charge in [-0.05, 0) is 53.0 Å². The number of hydrogen-bond acceptors (Lipinski definition) is 7. The van der Waals surface area contributed by atoms with Crippen LogP contribution in [0.5, 0.6) is 0 Å². The molecule has 1 unspecified atom stereocenters. The molecular formula is C21H20BrClN4O3S. The Morgan fingerprint density at radius 2 is 2.16 bits per heavy atom. The van der Waals surface area contributed by atoms with Gasteiger partial charge in [0, 0.05) is 16.5 Å². The number of anilines is 1. The van der Waals surface area contributed by atoms with E-state index in [1.54, 1.807) is 10.7 Å². The lowest BCUT2D eigenvalue weighted by Crippen LogP contribution is -2.29. The number of hydrogen-bond donors (Lipinski definition) is 1. The zero-order valence-electron chi connectivity index (χ0n) is 16.9. The number of fused-ring (bicyclic) bond motifs is 1. The normalized spacial score (nSPS) is 15.5. The van der Waals surface area contributed by atoms with Gasteiger partial charge in [-0.3, -0.25) is 0 Å². The van der Waals surface area contributed by atoms with Crippen molar-refractivity contribution in [2.45, 2.75) is 37.2 Å². The molecule has 1 N–H and O–H groups in total. The van der Waals surface area contributed by atoms with Gasteiger partial charge < -0.3 is 14.5 Å². The van der Waals surface area contributed by atoms with Gasteiger partial charge in [0.05, 0.1) is 12.2 Å². The van der Waals surface area contributed by atoms with Crippen molar-refractivity contribution in [3.8, 4) is 0 Å². The van der Waals surface area contributed by atoms with Crippen molar-refractivity contribution in [3.05, 3.63) is 68.7 Å².